The summed E-state index contributed by atoms with van der Waals surface area (Å²) in [7, 11) is 0. The molecule has 0 spiro atoms. The van der Waals surface area contributed by atoms with E-state index in [4.69, 9.17) is 28.9 Å². The summed E-state index contributed by atoms with van der Waals surface area (Å²) in [5.74, 6) is 0.551. The number of para-hydroxylation sites is 1. The monoisotopic (exact) mass is 319 g/mol. The van der Waals surface area contributed by atoms with Crippen molar-refractivity contribution in [1.29, 1.82) is 0 Å². The van der Waals surface area contributed by atoms with E-state index in [0.29, 0.717) is 27.1 Å². The van der Waals surface area contributed by atoms with Gasteiger partial charge in [0.15, 0.2) is 5.82 Å². The van der Waals surface area contributed by atoms with Crippen LogP contribution in [0.25, 0.3) is 17.1 Å². The summed E-state index contributed by atoms with van der Waals surface area (Å²) in [6, 6.07) is 11.2. The molecule has 0 aliphatic rings. The Kier molecular flexibility index (Phi) is 3.53. The molecule has 5 nitrogen and oxygen atoms in total. The smallest absolute Gasteiger partial charge is 0.187 e. The van der Waals surface area contributed by atoms with Crippen LogP contribution in [0, 0.1) is 6.92 Å². The van der Waals surface area contributed by atoms with Crippen molar-refractivity contribution < 1.29 is 0 Å². The van der Waals surface area contributed by atoms with Crippen LogP contribution >= 0.6 is 23.2 Å². The van der Waals surface area contributed by atoms with Crippen molar-refractivity contribution in [3.63, 3.8) is 0 Å². The number of rotatable bonds is 2. The molecule has 1 heterocycles. The summed E-state index contributed by atoms with van der Waals surface area (Å²) >= 11 is 12.1. The quantitative estimate of drug-likeness (QED) is 0.733. The van der Waals surface area contributed by atoms with E-state index in [1.54, 1.807) is 16.8 Å². The first-order chi connectivity index (χ1) is 10.1. The van der Waals surface area contributed by atoms with Crippen molar-refractivity contribution in [3.8, 4) is 17.1 Å². The van der Waals surface area contributed by atoms with Crippen molar-refractivity contribution in [2.24, 2.45) is 0 Å². The van der Waals surface area contributed by atoms with E-state index < -0.39 is 0 Å². The lowest BCUT2D eigenvalue weighted by atomic mass is 10.1. The maximum atomic E-state index is 6.08. The molecule has 106 valence electrons. The number of aryl methyl sites for hydroxylation is 1. The first-order valence-corrected chi connectivity index (χ1v) is 6.93. The van der Waals surface area contributed by atoms with Crippen molar-refractivity contribution in [2.45, 2.75) is 6.92 Å². The first kappa shape index (κ1) is 13.9. The minimum atomic E-state index is 0.329. The van der Waals surface area contributed by atoms with E-state index in [-0.39, 0.29) is 0 Å². The Hall–Kier alpha value is -2.11. The normalized spacial score (nSPS) is 10.8. The van der Waals surface area contributed by atoms with Crippen LogP contribution in [0.1, 0.15) is 5.56 Å². The largest absolute Gasteiger partial charge is 0.397 e. The van der Waals surface area contributed by atoms with E-state index in [1.165, 1.54) is 0 Å². The number of hydrogen-bond acceptors (Lipinski definition) is 4. The third kappa shape index (κ3) is 2.46. The second-order valence-electron chi connectivity index (χ2n) is 4.56. The van der Waals surface area contributed by atoms with E-state index >= 15 is 0 Å². The number of hydrogen-bond donors (Lipinski definition) is 1. The first-order valence-electron chi connectivity index (χ1n) is 6.17. The molecule has 3 aromatic rings. The predicted molar refractivity (Wildman–Crippen MR) is 83.8 cm³/mol. The fourth-order valence-electron chi connectivity index (χ4n) is 2.07. The van der Waals surface area contributed by atoms with Gasteiger partial charge in [-0.25, -0.2) is 0 Å². The molecule has 3 rings (SSSR count). The lowest BCUT2D eigenvalue weighted by Crippen LogP contribution is -2.02. The highest BCUT2D eigenvalue weighted by Gasteiger charge is 2.15. The van der Waals surface area contributed by atoms with Gasteiger partial charge in [0.05, 0.1) is 21.4 Å². The molecular formula is C14H11Cl2N5. The van der Waals surface area contributed by atoms with Gasteiger partial charge in [-0.05, 0) is 41.1 Å². The molecule has 1 aromatic heterocycles. The minimum Gasteiger partial charge on any atom is -0.397 e. The van der Waals surface area contributed by atoms with E-state index in [1.807, 2.05) is 31.2 Å². The van der Waals surface area contributed by atoms with E-state index in [9.17, 15) is 0 Å². The molecule has 0 unspecified atom stereocenters. The fourth-order valence-corrected chi connectivity index (χ4v) is 2.41. The molecule has 0 saturated carbocycles. The van der Waals surface area contributed by atoms with Gasteiger partial charge in [-0.1, -0.05) is 41.4 Å². The maximum absolute atomic E-state index is 6.08. The van der Waals surface area contributed by atoms with Gasteiger partial charge in [0.2, 0.25) is 0 Å². The van der Waals surface area contributed by atoms with Gasteiger partial charge in [0, 0.05) is 5.56 Å². The number of anilines is 1. The number of halogens is 2. The lowest BCUT2D eigenvalue weighted by molar-refractivity contribution is 0.787. The van der Waals surface area contributed by atoms with Crippen LogP contribution in [0.5, 0.6) is 0 Å². The van der Waals surface area contributed by atoms with Gasteiger partial charge in [-0.2, -0.15) is 4.68 Å². The van der Waals surface area contributed by atoms with Crippen molar-refractivity contribution >= 4 is 28.9 Å². The van der Waals surface area contributed by atoms with Gasteiger partial charge in [0.1, 0.15) is 0 Å². The summed E-state index contributed by atoms with van der Waals surface area (Å²) in [6.07, 6.45) is 0. The molecule has 0 amide bonds. The Morgan fingerprint density at radius 2 is 1.90 bits per heavy atom. The number of tetrazole rings is 1. The van der Waals surface area contributed by atoms with Crippen LogP contribution in [-0.4, -0.2) is 20.2 Å². The van der Waals surface area contributed by atoms with Crippen molar-refractivity contribution in [3.05, 3.63) is 52.0 Å². The summed E-state index contributed by atoms with van der Waals surface area (Å²) in [5, 5.41) is 12.5. The predicted octanol–water partition coefficient (Wildman–Crippen LogP) is 3.53. The topological polar surface area (TPSA) is 69.6 Å². The second-order valence-corrected chi connectivity index (χ2v) is 5.35. The summed E-state index contributed by atoms with van der Waals surface area (Å²) in [5.41, 5.74) is 8.89. The highest BCUT2D eigenvalue weighted by molar-refractivity contribution is 6.43. The van der Waals surface area contributed by atoms with Gasteiger partial charge in [0.25, 0.3) is 0 Å². The molecule has 21 heavy (non-hydrogen) atoms. The molecule has 0 saturated heterocycles. The van der Waals surface area contributed by atoms with Crippen LogP contribution in [0.15, 0.2) is 36.4 Å². The summed E-state index contributed by atoms with van der Waals surface area (Å²) in [6.45, 7) is 1.99. The zero-order valence-corrected chi connectivity index (χ0v) is 12.6. The molecule has 0 atom stereocenters. The van der Waals surface area contributed by atoms with Gasteiger partial charge in [-0.3, -0.25) is 0 Å². The van der Waals surface area contributed by atoms with Crippen molar-refractivity contribution in [2.75, 3.05) is 5.73 Å². The highest BCUT2D eigenvalue weighted by Crippen LogP contribution is 2.33. The van der Waals surface area contributed by atoms with Gasteiger partial charge < -0.3 is 5.73 Å². The average molecular weight is 320 g/mol. The third-order valence-corrected chi connectivity index (χ3v) is 3.94. The Morgan fingerprint density at radius 1 is 1.14 bits per heavy atom. The number of benzene rings is 2. The van der Waals surface area contributed by atoms with Crippen LogP contribution in [0.3, 0.4) is 0 Å². The maximum Gasteiger partial charge on any atom is 0.187 e. The number of nitrogens with two attached hydrogens (primary N) is 1. The molecule has 2 N–H and O–H groups in total. The molecule has 0 fully saturated rings. The number of nitrogen functional groups attached to an aromatic ring is 1. The Labute approximate surface area is 131 Å². The second kappa shape index (κ2) is 5.35. The third-order valence-electron chi connectivity index (χ3n) is 3.13. The average Bonchev–Trinajstić information content (AvgIpc) is 2.94. The zero-order valence-electron chi connectivity index (χ0n) is 11.1. The van der Waals surface area contributed by atoms with Crippen LogP contribution in [0.2, 0.25) is 10.0 Å². The van der Waals surface area contributed by atoms with Crippen LogP contribution < -0.4 is 5.73 Å². The Balaban J connectivity index is 2.18. The highest BCUT2D eigenvalue weighted by atomic mass is 35.5. The Morgan fingerprint density at radius 3 is 2.62 bits per heavy atom. The molecule has 2 aromatic carbocycles. The molecule has 0 aliphatic carbocycles. The Bertz CT molecular complexity index is 790. The molecule has 0 radical (unpaired) electrons. The van der Waals surface area contributed by atoms with Gasteiger partial charge in [-0.15, -0.1) is 5.10 Å². The minimum absolute atomic E-state index is 0.329. The molecule has 7 heteroatoms. The van der Waals surface area contributed by atoms with Crippen molar-refractivity contribution in [1.82, 2.24) is 20.2 Å². The van der Waals surface area contributed by atoms with Crippen LogP contribution in [0.4, 0.5) is 5.69 Å². The standard InChI is InChI=1S/C14H11Cl2N5/c1-8-4-2-3-5-12(8)21-14(18-19-20-21)9-6-10(15)13(16)11(17)7-9/h2-7H,17H2,1H3. The number of aromatic nitrogens is 4. The van der Waals surface area contributed by atoms with E-state index in [0.717, 1.165) is 11.3 Å². The molecular weight excluding hydrogens is 309 g/mol. The zero-order chi connectivity index (χ0) is 15.0. The van der Waals surface area contributed by atoms with Crippen LogP contribution in [-0.2, 0) is 0 Å². The summed E-state index contributed by atoms with van der Waals surface area (Å²) in [4.78, 5) is 0. The SMILES string of the molecule is Cc1ccccc1-n1nnnc1-c1cc(N)c(Cl)c(Cl)c1. The van der Waals surface area contributed by atoms with Gasteiger partial charge >= 0.3 is 0 Å². The lowest BCUT2D eigenvalue weighted by Gasteiger charge is -2.09. The van der Waals surface area contributed by atoms with E-state index in [2.05, 4.69) is 15.5 Å². The number of nitrogens with zero attached hydrogens (tertiary/aromatic N) is 4. The molecule has 0 aliphatic heterocycles. The summed E-state index contributed by atoms with van der Waals surface area (Å²) < 4.78 is 1.65. The fraction of sp³-hybridized carbons (Fsp3) is 0.0714. The molecule has 0 bridgehead atoms.